The number of carbonyl (C=O) groups excluding carboxylic acids is 1. The fraction of sp³-hybridized carbons (Fsp3) is 0.240. The average Bonchev–Trinajstić information content (AvgIpc) is 2.74. The fourth-order valence-corrected chi connectivity index (χ4v) is 4.70. The van der Waals surface area contributed by atoms with Gasteiger partial charge in [-0.05, 0) is 72.9 Å². The molecular formula is C25H23BrFNO2. The number of hydrogen-bond donors (Lipinski definition) is 1. The van der Waals surface area contributed by atoms with Gasteiger partial charge in [0.2, 0.25) is 5.91 Å². The largest absolute Gasteiger partial charge is 0.388 e. The number of aliphatic hydroxyl groups excluding tert-OH is 1. The van der Waals surface area contributed by atoms with E-state index in [1.54, 1.807) is 12.1 Å². The van der Waals surface area contributed by atoms with Crippen molar-refractivity contribution in [2.45, 2.75) is 31.9 Å². The van der Waals surface area contributed by atoms with E-state index in [9.17, 15) is 14.3 Å². The summed E-state index contributed by atoms with van der Waals surface area (Å²) in [5.74, 6) is -0.468. The van der Waals surface area contributed by atoms with Crippen LogP contribution in [0.1, 0.15) is 41.7 Å². The molecule has 3 atom stereocenters. The van der Waals surface area contributed by atoms with E-state index >= 15 is 0 Å². The lowest BCUT2D eigenvalue weighted by Gasteiger charge is -2.48. The highest BCUT2D eigenvalue weighted by molar-refractivity contribution is 9.10. The number of carbonyl (C=O) groups is 1. The van der Waals surface area contributed by atoms with Crippen molar-refractivity contribution in [1.29, 1.82) is 0 Å². The fourth-order valence-electron chi connectivity index (χ4n) is 4.22. The minimum Gasteiger partial charge on any atom is -0.388 e. The van der Waals surface area contributed by atoms with Gasteiger partial charge in [-0.3, -0.25) is 4.79 Å². The summed E-state index contributed by atoms with van der Waals surface area (Å²) in [6.07, 6.45) is 0.272. The number of anilines is 1. The van der Waals surface area contributed by atoms with Crippen LogP contribution < -0.4 is 4.90 Å². The van der Waals surface area contributed by atoms with E-state index in [1.807, 2.05) is 41.3 Å². The van der Waals surface area contributed by atoms with Crippen molar-refractivity contribution in [1.82, 2.24) is 0 Å². The number of halogens is 2. The molecule has 3 nitrogen and oxygen atoms in total. The Morgan fingerprint density at radius 3 is 2.43 bits per heavy atom. The van der Waals surface area contributed by atoms with Gasteiger partial charge < -0.3 is 10.0 Å². The molecule has 0 aliphatic carbocycles. The van der Waals surface area contributed by atoms with E-state index in [2.05, 4.69) is 35.0 Å². The predicted molar refractivity (Wildman–Crippen MR) is 120 cm³/mol. The molecule has 0 aromatic heterocycles. The van der Waals surface area contributed by atoms with Crippen molar-refractivity contribution in [3.05, 3.63) is 99.8 Å². The summed E-state index contributed by atoms with van der Waals surface area (Å²) in [6, 6.07) is 21.6. The monoisotopic (exact) mass is 467 g/mol. The minimum absolute atomic E-state index is 0.0693. The van der Waals surface area contributed by atoms with Crippen LogP contribution in [0.5, 0.6) is 0 Å². The van der Waals surface area contributed by atoms with Gasteiger partial charge in [-0.25, -0.2) is 4.39 Å². The first kappa shape index (κ1) is 20.8. The molecule has 4 rings (SSSR count). The first-order chi connectivity index (χ1) is 14.5. The molecule has 0 bridgehead atoms. The zero-order valence-corrected chi connectivity index (χ0v) is 18.2. The number of rotatable bonds is 6. The van der Waals surface area contributed by atoms with Crippen molar-refractivity contribution in [3.63, 3.8) is 0 Å². The highest BCUT2D eigenvalue weighted by atomic mass is 79.9. The second-order valence-corrected chi connectivity index (χ2v) is 8.66. The number of amides is 1. The lowest BCUT2D eigenvalue weighted by Crippen LogP contribution is -2.55. The number of nitrogens with zero attached hydrogens (tertiary/aromatic N) is 1. The van der Waals surface area contributed by atoms with Crippen molar-refractivity contribution in [3.8, 4) is 0 Å². The van der Waals surface area contributed by atoms with Crippen LogP contribution in [0, 0.1) is 18.7 Å². The lowest BCUT2D eigenvalue weighted by molar-refractivity contribution is -0.131. The van der Waals surface area contributed by atoms with E-state index in [4.69, 9.17) is 0 Å². The van der Waals surface area contributed by atoms with Crippen LogP contribution in [0.25, 0.3) is 0 Å². The van der Waals surface area contributed by atoms with E-state index < -0.39 is 6.10 Å². The van der Waals surface area contributed by atoms with Crippen molar-refractivity contribution < 1.29 is 14.3 Å². The highest BCUT2D eigenvalue weighted by Crippen LogP contribution is 2.47. The number of hydrogen-bond acceptors (Lipinski definition) is 2. The average molecular weight is 468 g/mol. The maximum Gasteiger partial charge on any atom is 0.233 e. The summed E-state index contributed by atoms with van der Waals surface area (Å²) < 4.78 is 14.2. The van der Waals surface area contributed by atoms with Gasteiger partial charge in [0.25, 0.3) is 0 Å². The summed E-state index contributed by atoms with van der Waals surface area (Å²) >= 11 is 3.51. The van der Waals surface area contributed by atoms with Crippen molar-refractivity contribution in [2.24, 2.45) is 5.92 Å². The molecule has 3 aromatic rings. The molecule has 1 aliphatic heterocycles. The Balaban J connectivity index is 1.58. The molecule has 5 heteroatoms. The van der Waals surface area contributed by atoms with Gasteiger partial charge >= 0.3 is 0 Å². The Bertz CT molecular complexity index is 1040. The Kier molecular flexibility index (Phi) is 6.02. The number of para-hydroxylation sites is 1. The van der Waals surface area contributed by atoms with Crippen molar-refractivity contribution in [2.75, 3.05) is 4.90 Å². The molecule has 30 heavy (non-hydrogen) atoms. The van der Waals surface area contributed by atoms with Crippen LogP contribution in [-0.2, 0) is 4.79 Å². The second kappa shape index (κ2) is 8.70. The lowest BCUT2D eigenvalue weighted by atomic mass is 9.77. The van der Waals surface area contributed by atoms with Crippen LogP contribution in [0.2, 0.25) is 0 Å². The number of β-lactam (4-membered cyclic amide) rings is 1. The Hall–Kier alpha value is -2.50. The molecule has 1 fully saturated rings. The predicted octanol–water partition coefficient (Wildman–Crippen LogP) is 6.11. The minimum atomic E-state index is -0.726. The number of aryl methyl sites for hydroxylation is 1. The van der Waals surface area contributed by atoms with Gasteiger partial charge in [0, 0.05) is 10.2 Å². The molecule has 1 saturated heterocycles. The summed E-state index contributed by atoms with van der Waals surface area (Å²) in [5, 5.41) is 10.5. The number of aliphatic hydroxyl groups is 1. The summed E-state index contributed by atoms with van der Waals surface area (Å²) in [5.41, 5.74) is 3.78. The van der Waals surface area contributed by atoms with Crippen LogP contribution >= 0.6 is 15.9 Å². The maximum atomic E-state index is 13.2. The smallest absolute Gasteiger partial charge is 0.233 e. The molecule has 1 amide bonds. The van der Waals surface area contributed by atoms with Crippen LogP contribution in [0.15, 0.2) is 77.3 Å². The van der Waals surface area contributed by atoms with Gasteiger partial charge in [0.15, 0.2) is 0 Å². The van der Waals surface area contributed by atoms with Gasteiger partial charge in [-0.1, -0.05) is 52.3 Å². The molecule has 1 N–H and O–H groups in total. The second-order valence-electron chi connectivity index (χ2n) is 7.74. The van der Waals surface area contributed by atoms with E-state index in [-0.39, 0.29) is 23.7 Å². The zero-order valence-electron chi connectivity index (χ0n) is 16.6. The van der Waals surface area contributed by atoms with Crippen LogP contribution in [0.3, 0.4) is 0 Å². The van der Waals surface area contributed by atoms with E-state index in [0.717, 1.165) is 21.3 Å². The molecule has 0 saturated carbocycles. The summed E-state index contributed by atoms with van der Waals surface area (Å²) in [6.45, 7) is 2.05. The molecule has 0 radical (unpaired) electrons. The van der Waals surface area contributed by atoms with Gasteiger partial charge in [-0.15, -0.1) is 0 Å². The quantitative estimate of drug-likeness (QED) is 0.443. The Labute approximate surface area is 184 Å². The number of benzene rings is 3. The van der Waals surface area contributed by atoms with Gasteiger partial charge in [0.05, 0.1) is 18.1 Å². The normalized spacial score (nSPS) is 19.5. The molecule has 0 unspecified atom stereocenters. The molecule has 0 spiro atoms. The van der Waals surface area contributed by atoms with E-state index in [1.165, 1.54) is 12.1 Å². The Morgan fingerprint density at radius 1 is 1.07 bits per heavy atom. The maximum absolute atomic E-state index is 13.2. The Morgan fingerprint density at radius 2 is 1.77 bits per heavy atom. The topological polar surface area (TPSA) is 40.5 Å². The van der Waals surface area contributed by atoms with Crippen LogP contribution in [0.4, 0.5) is 10.1 Å². The van der Waals surface area contributed by atoms with Crippen molar-refractivity contribution >= 4 is 27.5 Å². The third kappa shape index (κ3) is 4.05. The third-order valence-corrected chi connectivity index (χ3v) is 6.30. The first-order valence-electron chi connectivity index (χ1n) is 10.0. The van der Waals surface area contributed by atoms with Gasteiger partial charge in [-0.2, -0.15) is 0 Å². The van der Waals surface area contributed by atoms with Crippen LogP contribution in [-0.4, -0.2) is 11.0 Å². The molecule has 1 heterocycles. The first-order valence-corrected chi connectivity index (χ1v) is 10.8. The summed E-state index contributed by atoms with van der Waals surface area (Å²) in [4.78, 5) is 15.0. The molecule has 1 aliphatic rings. The van der Waals surface area contributed by atoms with Gasteiger partial charge in [0.1, 0.15) is 5.82 Å². The highest BCUT2D eigenvalue weighted by Gasteiger charge is 2.48. The van der Waals surface area contributed by atoms with E-state index in [0.29, 0.717) is 18.4 Å². The summed E-state index contributed by atoms with van der Waals surface area (Å²) in [7, 11) is 0. The third-order valence-electron chi connectivity index (χ3n) is 5.80. The SMILES string of the molecule is Cc1cc(Br)ccc1[C@@H]1[C@@H](CC[C@H](O)c2ccc(F)cc2)C(=O)N1c1ccccc1. The molecular weight excluding hydrogens is 445 g/mol. The molecule has 154 valence electrons. The molecule has 3 aromatic carbocycles. The zero-order chi connectivity index (χ0) is 21.3. The standard InChI is InChI=1S/C25H23BrFNO2/c1-16-15-18(26)9-12-21(16)24-22(25(30)28(24)20-5-3-2-4-6-20)13-14-23(29)17-7-10-19(27)11-8-17/h2-12,15,22-24,29H,13-14H2,1H3/t22-,23+,24-/m1/s1.